The van der Waals surface area contributed by atoms with E-state index in [1.807, 2.05) is 20.8 Å². The van der Waals surface area contributed by atoms with Gasteiger partial charge in [-0.05, 0) is 27.2 Å². The summed E-state index contributed by atoms with van der Waals surface area (Å²) in [6.07, 6.45) is 7.72. The molecule has 1 rings (SSSR count). The smallest absolute Gasteiger partial charge is 0.305 e. The normalized spacial score (nSPS) is 21.1. The van der Waals surface area contributed by atoms with Crippen molar-refractivity contribution >= 4 is 5.97 Å². The van der Waals surface area contributed by atoms with Crippen molar-refractivity contribution in [2.24, 2.45) is 0 Å². The molecule has 45 heavy (non-hydrogen) atoms. The van der Waals surface area contributed by atoms with Crippen molar-refractivity contribution in [1.29, 1.82) is 0 Å². The first-order valence-corrected chi connectivity index (χ1v) is 17.2. The molecule has 1 aliphatic rings. The lowest BCUT2D eigenvalue weighted by molar-refractivity contribution is -0.165. The van der Waals surface area contributed by atoms with Crippen molar-refractivity contribution in [2.75, 3.05) is 72.7 Å². The van der Waals surface area contributed by atoms with Crippen LogP contribution in [-0.2, 0) is 42.7 Å². The summed E-state index contributed by atoms with van der Waals surface area (Å²) in [5.41, 5.74) is 0. The van der Waals surface area contributed by atoms with Crippen LogP contribution < -0.4 is 0 Å². The lowest BCUT2D eigenvalue weighted by Crippen LogP contribution is -2.47. The summed E-state index contributed by atoms with van der Waals surface area (Å²) < 4.78 is 47.1. The average molecular weight is 653 g/mol. The summed E-state index contributed by atoms with van der Waals surface area (Å²) in [7, 11) is 0. The zero-order chi connectivity index (χ0) is 33.1. The third kappa shape index (κ3) is 20.8. The number of esters is 1. The first-order valence-electron chi connectivity index (χ1n) is 17.2. The number of aliphatic hydroxyl groups is 3. The average Bonchev–Trinajstić information content (AvgIpc) is 3.44. The fourth-order valence-corrected chi connectivity index (χ4v) is 5.01. The van der Waals surface area contributed by atoms with Crippen LogP contribution in [-0.4, -0.2) is 137 Å². The lowest BCUT2D eigenvalue weighted by atomic mass is 10.1. The van der Waals surface area contributed by atoms with E-state index in [0.717, 1.165) is 19.3 Å². The first-order chi connectivity index (χ1) is 21.9. The highest BCUT2D eigenvalue weighted by atomic mass is 16.6. The van der Waals surface area contributed by atoms with Gasteiger partial charge in [0.15, 0.2) is 0 Å². The molecule has 0 spiro atoms. The molecule has 0 aromatic heterocycles. The summed E-state index contributed by atoms with van der Waals surface area (Å²) >= 11 is 0. The monoisotopic (exact) mass is 652 g/mol. The predicted molar refractivity (Wildman–Crippen MR) is 169 cm³/mol. The molecule has 3 N–H and O–H groups in total. The maximum atomic E-state index is 12.7. The highest BCUT2D eigenvalue weighted by molar-refractivity contribution is 5.69. The Hall–Kier alpha value is -0.930. The molecule has 0 amide bonds. The lowest BCUT2D eigenvalue weighted by Gasteiger charge is -2.31. The molecule has 0 aliphatic carbocycles. The van der Waals surface area contributed by atoms with Crippen LogP contribution in [0.5, 0.6) is 0 Å². The molecule has 7 unspecified atom stereocenters. The Balaban J connectivity index is 2.80. The second-order valence-corrected chi connectivity index (χ2v) is 11.8. The van der Waals surface area contributed by atoms with Crippen molar-refractivity contribution in [3.8, 4) is 0 Å². The molecule has 12 nitrogen and oxygen atoms in total. The number of rotatable bonds is 31. The van der Waals surface area contributed by atoms with Crippen molar-refractivity contribution in [2.45, 2.75) is 135 Å². The van der Waals surface area contributed by atoms with Crippen LogP contribution in [0.25, 0.3) is 0 Å². The van der Waals surface area contributed by atoms with Crippen molar-refractivity contribution in [3.63, 3.8) is 0 Å². The number of hydrogen-bond donors (Lipinski definition) is 3. The van der Waals surface area contributed by atoms with Crippen LogP contribution in [0.1, 0.15) is 91.9 Å². The van der Waals surface area contributed by atoms with Crippen molar-refractivity contribution in [1.82, 2.24) is 0 Å². The van der Waals surface area contributed by atoms with E-state index in [1.54, 1.807) is 0 Å². The number of carbonyl (C=O) groups is 1. The topological polar surface area (TPSA) is 152 Å². The second kappa shape index (κ2) is 28.1. The first kappa shape index (κ1) is 42.1. The van der Waals surface area contributed by atoms with Crippen LogP contribution in [0, 0.1) is 0 Å². The van der Waals surface area contributed by atoms with Gasteiger partial charge in [-0.2, -0.15) is 0 Å². The summed E-state index contributed by atoms with van der Waals surface area (Å²) in [6.45, 7) is 9.00. The highest BCUT2D eigenvalue weighted by Gasteiger charge is 2.45. The van der Waals surface area contributed by atoms with Gasteiger partial charge >= 0.3 is 5.97 Å². The van der Waals surface area contributed by atoms with Gasteiger partial charge in [-0.1, -0.05) is 58.3 Å². The van der Waals surface area contributed by atoms with Gasteiger partial charge < -0.3 is 53.2 Å². The van der Waals surface area contributed by atoms with Gasteiger partial charge in [-0.3, -0.25) is 4.79 Å². The SMILES string of the molecule is CCCCCCCCCCCC(=O)OCC(OCC(C)OCCO)C1OCC(OCC(C)OCCO)C1OCC(C)OCCO. The van der Waals surface area contributed by atoms with E-state index in [9.17, 15) is 4.79 Å². The van der Waals surface area contributed by atoms with E-state index >= 15 is 0 Å². The molecule has 0 bridgehead atoms. The van der Waals surface area contributed by atoms with Crippen molar-refractivity contribution < 1.29 is 58.0 Å². The van der Waals surface area contributed by atoms with Crippen LogP contribution in [0.4, 0.5) is 0 Å². The van der Waals surface area contributed by atoms with Gasteiger partial charge in [-0.15, -0.1) is 0 Å². The third-order valence-electron chi connectivity index (χ3n) is 7.50. The standard InChI is InChI=1S/C33H64O12/c1-5-6-7-8-9-10-11-12-13-14-31(37)43-24-29(41-21-26(2)38-18-15-34)33-32(44-23-28(4)40-20-17-36)30(25-45-33)42-22-27(3)39-19-16-35/h26-30,32-36H,5-25H2,1-4H3. The van der Waals surface area contributed by atoms with Crippen LogP contribution in [0.2, 0.25) is 0 Å². The summed E-state index contributed by atoms with van der Waals surface area (Å²) in [5.74, 6) is -0.278. The molecular formula is C33H64O12. The molecule has 1 fully saturated rings. The minimum Gasteiger partial charge on any atom is -0.463 e. The van der Waals surface area contributed by atoms with Gasteiger partial charge in [0.1, 0.15) is 31.0 Å². The Morgan fingerprint density at radius 1 is 0.689 bits per heavy atom. The van der Waals surface area contributed by atoms with E-state index in [-0.39, 0.29) is 97.0 Å². The number of aliphatic hydroxyl groups excluding tert-OH is 3. The molecule has 0 aromatic carbocycles. The Morgan fingerprint density at radius 2 is 1.20 bits per heavy atom. The molecule has 0 aromatic rings. The van der Waals surface area contributed by atoms with Crippen LogP contribution >= 0.6 is 0 Å². The molecule has 1 aliphatic heterocycles. The fraction of sp³-hybridized carbons (Fsp3) is 0.970. The fourth-order valence-electron chi connectivity index (χ4n) is 5.01. The molecule has 0 saturated carbocycles. The Labute approximate surface area is 271 Å². The van der Waals surface area contributed by atoms with Crippen LogP contribution in [0.15, 0.2) is 0 Å². The van der Waals surface area contributed by atoms with E-state index in [0.29, 0.717) is 6.42 Å². The minimum atomic E-state index is -0.660. The Bertz CT molecular complexity index is 684. The highest BCUT2D eigenvalue weighted by Crippen LogP contribution is 2.26. The van der Waals surface area contributed by atoms with Gasteiger partial charge in [-0.25, -0.2) is 0 Å². The maximum Gasteiger partial charge on any atom is 0.305 e. The maximum absolute atomic E-state index is 12.7. The number of hydrogen-bond acceptors (Lipinski definition) is 12. The summed E-state index contributed by atoms with van der Waals surface area (Å²) in [5, 5.41) is 27.3. The van der Waals surface area contributed by atoms with Crippen molar-refractivity contribution in [3.05, 3.63) is 0 Å². The van der Waals surface area contributed by atoms with E-state index < -0.39 is 24.4 Å². The molecule has 268 valence electrons. The third-order valence-corrected chi connectivity index (χ3v) is 7.50. The largest absolute Gasteiger partial charge is 0.463 e. The Kier molecular flexibility index (Phi) is 26.3. The van der Waals surface area contributed by atoms with Gasteiger partial charge in [0, 0.05) is 6.42 Å². The zero-order valence-corrected chi connectivity index (χ0v) is 28.4. The quantitative estimate of drug-likeness (QED) is 0.0745. The predicted octanol–water partition coefficient (Wildman–Crippen LogP) is 3.20. The molecule has 1 heterocycles. The van der Waals surface area contributed by atoms with Crippen LogP contribution in [0.3, 0.4) is 0 Å². The molecule has 7 atom stereocenters. The minimum absolute atomic E-state index is 0.0210. The number of carbonyl (C=O) groups excluding carboxylic acids is 1. The number of ether oxygens (including phenoxy) is 8. The number of unbranched alkanes of at least 4 members (excludes halogenated alkanes) is 8. The molecule has 12 heteroatoms. The van der Waals surface area contributed by atoms with Gasteiger partial charge in [0.25, 0.3) is 0 Å². The molecular weight excluding hydrogens is 588 g/mol. The molecule has 1 saturated heterocycles. The van der Waals surface area contributed by atoms with E-state index in [1.165, 1.54) is 38.5 Å². The zero-order valence-electron chi connectivity index (χ0n) is 28.4. The Morgan fingerprint density at radius 3 is 1.76 bits per heavy atom. The summed E-state index contributed by atoms with van der Waals surface area (Å²) in [6, 6.07) is 0. The second-order valence-electron chi connectivity index (χ2n) is 11.8. The molecule has 0 radical (unpaired) electrons. The van der Waals surface area contributed by atoms with Gasteiger partial charge in [0.2, 0.25) is 0 Å². The van der Waals surface area contributed by atoms with E-state index in [2.05, 4.69) is 6.92 Å². The van der Waals surface area contributed by atoms with E-state index in [4.69, 9.17) is 53.2 Å². The summed E-state index contributed by atoms with van der Waals surface area (Å²) in [4.78, 5) is 12.7. The van der Waals surface area contributed by atoms with Gasteiger partial charge in [0.05, 0.1) is 84.4 Å².